The van der Waals surface area contributed by atoms with E-state index in [-0.39, 0.29) is 30.6 Å². The fraction of sp³-hybridized carbons (Fsp3) is 0.444. The van der Waals surface area contributed by atoms with Crippen LogP contribution in [0.15, 0.2) is 23.7 Å². The summed E-state index contributed by atoms with van der Waals surface area (Å²) in [5, 5.41) is 10.5. The summed E-state index contributed by atoms with van der Waals surface area (Å²) in [5.41, 5.74) is 2.58. The zero-order valence-electron chi connectivity index (χ0n) is 15.3. The SMILES string of the molecule is COc1cccc(C2CCN(C(=O)CCC(=O)Nc3nncs3)C2)c1OC. The Bertz CT molecular complexity index is 797. The van der Waals surface area contributed by atoms with Gasteiger partial charge in [-0.2, -0.15) is 0 Å². The molecule has 1 aromatic heterocycles. The number of anilines is 1. The number of rotatable bonds is 7. The van der Waals surface area contributed by atoms with Crippen molar-refractivity contribution >= 4 is 28.3 Å². The Labute approximate surface area is 161 Å². The summed E-state index contributed by atoms with van der Waals surface area (Å²) in [5.74, 6) is 1.34. The molecular formula is C18H22N4O4S. The summed E-state index contributed by atoms with van der Waals surface area (Å²) >= 11 is 1.24. The zero-order valence-corrected chi connectivity index (χ0v) is 16.1. The van der Waals surface area contributed by atoms with E-state index >= 15 is 0 Å². The van der Waals surface area contributed by atoms with Gasteiger partial charge < -0.3 is 19.7 Å². The smallest absolute Gasteiger partial charge is 0.226 e. The summed E-state index contributed by atoms with van der Waals surface area (Å²) in [6.45, 7) is 1.28. The van der Waals surface area contributed by atoms with E-state index < -0.39 is 0 Å². The van der Waals surface area contributed by atoms with Crippen molar-refractivity contribution in [2.75, 3.05) is 32.6 Å². The van der Waals surface area contributed by atoms with Crippen LogP contribution in [0.25, 0.3) is 0 Å². The Hall–Kier alpha value is -2.68. The molecule has 1 aliphatic rings. The number of amides is 2. The second-order valence-electron chi connectivity index (χ2n) is 6.20. The standard InChI is InChI=1S/C18H22N4O4S/c1-25-14-5-3-4-13(17(14)26-2)12-8-9-22(10-12)16(24)7-6-15(23)20-18-21-19-11-27-18/h3-5,11-12H,6-10H2,1-2H3,(H,20,21,23). The van der Waals surface area contributed by atoms with Crippen LogP contribution in [0.2, 0.25) is 0 Å². The van der Waals surface area contributed by atoms with Gasteiger partial charge >= 0.3 is 0 Å². The number of hydrogen-bond acceptors (Lipinski definition) is 7. The zero-order chi connectivity index (χ0) is 19.2. The lowest BCUT2D eigenvalue weighted by Crippen LogP contribution is -2.29. The molecular weight excluding hydrogens is 368 g/mol. The van der Waals surface area contributed by atoms with Crippen LogP contribution in [-0.4, -0.2) is 54.2 Å². The Morgan fingerprint density at radius 1 is 1.30 bits per heavy atom. The molecule has 0 saturated carbocycles. The van der Waals surface area contributed by atoms with Crippen molar-refractivity contribution in [3.8, 4) is 11.5 Å². The maximum Gasteiger partial charge on any atom is 0.226 e. The van der Waals surface area contributed by atoms with E-state index in [4.69, 9.17) is 9.47 Å². The molecule has 0 radical (unpaired) electrons. The van der Waals surface area contributed by atoms with Gasteiger partial charge in [0.2, 0.25) is 16.9 Å². The third-order valence-electron chi connectivity index (χ3n) is 4.59. The molecule has 9 heteroatoms. The predicted molar refractivity (Wildman–Crippen MR) is 101 cm³/mol. The molecule has 0 bridgehead atoms. The minimum atomic E-state index is -0.231. The van der Waals surface area contributed by atoms with Crippen molar-refractivity contribution < 1.29 is 19.1 Å². The lowest BCUT2D eigenvalue weighted by atomic mass is 9.97. The van der Waals surface area contributed by atoms with Crippen LogP contribution in [0.5, 0.6) is 11.5 Å². The molecule has 144 valence electrons. The number of benzene rings is 1. The fourth-order valence-corrected chi connectivity index (χ4v) is 3.72. The van der Waals surface area contributed by atoms with Gasteiger partial charge in [-0.1, -0.05) is 23.5 Å². The van der Waals surface area contributed by atoms with Crippen LogP contribution in [-0.2, 0) is 9.59 Å². The second-order valence-corrected chi connectivity index (χ2v) is 7.03. The summed E-state index contributed by atoms with van der Waals surface area (Å²) in [7, 11) is 3.23. The average molecular weight is 390 g/mol. The predicted octanol–water partition coefficient (Wildman–Crippen LogP) is 2.29. The van der Waals surface area contributed by atoms with Crippen molar-refractivity contribution in [2.24, 2.45) is 0 Å². The quantitative estimate of drug-likeness (QED) is 0.780. The first-order valence-corrected chi connectivity index (χ1v) is 9.55. The van der Waals surface area contributed by atoms with E-state index in [1.54, 1.807) is 14.2 Å². The minimum Gasteiger partial charge on any atom is -0.493 e. The molecule has 1 atom stereocenters. The molecule has 1 aromatic carbocycles. The van der Waals surface area contributed by atoms with Crippen molar-refractivity contribution in [3.63, 3.8) is 0 Å². The van der Waals surface area contributed by atoms with Gasteiger partial charge in [-0.05, 0) is 12.5 Å². The maximum atomic E-state index is 12.5. The van der Waals surface area contributed by atoms with Gasteiger partial charge in [-0.25, -0.2) is 0 Å². The number of nitrogens with zero attached hydrogens (tertiary/aromatic N) is 3. The van der Waals surface area contributed by atoms with Gasteiger partial charge in [-0.15, -0.1) is 10.2 Å². The van der Waals surface area contributed by atoms with Crippen LogP contribution in [0.3, 0.4) is 0 Å². The molecule has 0 spiro atoms. The molecule has 1 aliphatic heterocycles. The molecule has 27 heavy (non-hydrogen) atoms. The van der Waals surface area contributed by atoms with Crippen LogP contribution >= 0.6 is 11.3 Å². The first-order chi connectivity index (χ1) is 13.1. The number of carbonyl (C=O) groups excluding carboxylic acids is 2. The molecule has 1 saturated heterocycles. The Morgan fingerprint density at radius 2 is 2.15 bits per heavy atom. The number of aromatic nitrogens is 2. The number of para-hydroxylation sites is 1. The molecule has 0 aliphatic carbocycles. The van der Waals surface area contributed by atoms with Gasteiger partial charge in [0.15, 0.2) is 11.5 Å². The van der Waals surface area contributed by atoms with Gasteiger partial charge in [0, 0.05) is 37.4 Å². The van der Waals surface area contributed by atoms with Crippen molar-refractivity contribution in [2.45, 2.75) is 25.2 Å². The lowest BCUT2D eigenvalue weighted by molar-refractivity contribution is -0.131. The summed E-state index contributed by atoms with van der Waals surface area (Å²) in [4.78, 5) is 26.2. The highest BCUT2D eigenvalue weighted by Crippen LogP contribution is 2.39. The number of carbonyl (C=O) groups is 2. The van der Waals surface area contributed by atoms with E-state index in [1.165, 1.54) is 16.8 Å². The number of ether oxygens (including phenoxy) is 2. The van der Waals surface area contributed by atoms with Crippen molar-refractivity contribution in [3.05, 3.63) is 29.3 Å². The van der Waals surface area contributed by atoms with Crippen LogP contribution < -0.4 is 14.8 Å². The number of nitrogens with one attached hydrogen (secondary N) is 1. The number of methoxy groups -OCH3 is 2. The second kappa shape index (κ2) is 8.81. The highest BCUT2D eigenvalue weighted by Gasteiger charge is 2.30. The third kappa shape index (κ3) is 4.54. The third-order valence-corrected chi connectivity index (χ3v) is 5.19. The summed E-state index contributed by atoms with van der Waals surface area (Å²) in [6, 6.07) is 5.80. The van der Waals surface area contributed by atoms with E-state index in [0.29, 0.717) is 24.0 Å². The molecule has 3 rings (SSSR count). The minimum absolute atomic E-state index is 0.0215. The van der Waals surface area contributed by atoms with E-state index in [9.17, 15) is 9.59 Å². The lowest BCUT2D eigenvalue weighted by Gasteiger charge is -2.19. The fourth-order valence-electron chi connectivity index (χ4n) is 3.26. The Balaban J connectivity index is 1.54. The maximum absolute atomic E-state index is 12.5. The van der Waals surface area contributed by atoms with Gasteiger partial charge in [0.05, 0.1) is 14.2 Å². The van der Waals surface area contributed by atoms with Crippen molar-refractivity contribution in [1.82, 2.24) is 15.1 Å². The normalized spacial score (nSPS) is 16.2. The molecule has 1 fully saturated rings. The average Bonchev–Trinajstić information content (AvgIpc) is 3.37. The van der Waals surface area contributed by atoms with Gasteiger partial charge in [0.1, 0.15) is 5.51 Å². The Morgan fingerprint density at radius 3 is 2.85 bits per heavy atom. The van der Waals surface area contributed by atoms with E-state index in [0.717, 1.165) is 17.7 Å². The molecule has 1 unspecified atom stereocenters. The summed E-state index contributed by atoms with van der Waals surface area (Å²) < 4.78 is 10.9. The Kier molecular flexibility index (Phi) is 6.23. The van der Waals surface area contributed by atoms with E-state index in [2.05, 4.69) is 15.5 Å². The van der Waals surface area contributed by atoms with Crippen LogP contribution in [0.4, 0.5) is 5.13 Å². The van der Waals surface area contributed by atoms with Crippen LogP contribution in [0.1, 0.15) is 30.7 Å². The topological polar surface area (TPSA) is 93.7 Å². The van der Waals surface area contributed by atoms with Gasteiger partial charge in [-0.3, -0.25) is 9.59 Å². The van der Waals surface area contributed by atoms with E-state index in [1.807, 2.05) is 23.1 Å². The highest BCUT2D eigenvalue weighted by molar-refractivity contribution is 7.13. The molecule has 2 heterocycles. The molecule has 8 nitrogen and oxygen atoms in total. The first kappa shape index (κ1) is 19.1. The largest absolute Gasteiger partial charge is 0.493 e. The number of hydrogen-bond donors (Lipinski definition) is 1. The van der Waals surface area contributed by atoms with Gasteiger partial charge in [0.25, 0.3) is 0 Å². The first-order valence-electron chi connectivity index (χ1n) is 8.67. The highest BCUT2D eigenvalue weighted by atomic mass is 32.1. The molecule has 2 aromatic rings. The van der Waals surface area contributed by atoms with Crippen molar-refractivity contribution in [1.29, 1.82) is 0 Å². The molecule has 1 N–H and O–H groups in total. The molecule has 2 amide bonds. The van der Waals surface area contributed by atoms with Crippen LogP contribution in [0, 0.1) is 0 Å². The monoisotopic (exact) mass is 390 g/mol. The summed E-state index contributed by atoms with van der Waals surface area (Å²) in [6.07, 6.45) is 1.15. The number of likely N-dealkylation sites (tertiary alicyclic amines) is 1.